The summed E-state index contributed by atoms with van der Waals surface area (Å²) >= 11 is 3.31. The van der Waals surface area contributed by atoms with E-state index in [9.17, 15) is 0 Å². The molecule has 1 aromatic heterocycles. The summed E-state index contributed by atoms with van der Waals surface area (Å²) in [4.78, 5) is 4.20. The van der Waals surface area contributed by atoms with Gasteiger partial charge in [0, 0.05) is 14.1 Å². The van der Waals surface area contributed by atoms with Crippen molar-refractivity contribution in [2.75, 3.05) is 6.61 Å². The first-order chi connectivity index (χ1) is 6.47. The van der Waals surface area contributed by atoms with Gasteiger partial charge in [-0.15, -0.1) is 0 Å². The molecule has 0 spiro atoms. The highest BCUT2D eigenvalue weighted by atomic mass is 79.9. The van der Waals surface area contributed by atoms with Crippen molar-refractivity contribution in [3.63, 3.8) is 0 Å². The van der Waals surface area contributed by atoms with E-state index in [0.29, 0.717) is 5.88 Å². The number of pyridine rings is 1. The Morgan fingerprint density at radius 1 is 1.36 bits per heavy atom. The van der Waals surface area contributed by atoms with E-state index in [1.54, 1.807) is 0 Å². The van der Waals surface area contributed by atoms with Crippen molar-refractivity contribution in [2.45, 2.75) is 25.7 Å². The Labute approximate surface area is 94.8 Å². The summed E-state index contributed by atoms with van der Waals surface area (Å²) in [5.41, 5.74) is 0. The van der Waals surface area contributed by atoms with Crippen LogP contribution in [0.2, 0.25) is 25.7 Å². The highest BCUT2D eigenvalue weighted by Crippen LogP contribution is 2.14. The minimum atomic E-state index is -0.989. The van der Waals surface area contributed by atoms with E-state index in [0.717, 1.165) is 11.2 Å². The lowest BCUT2D eigenvalue weighted by Gasteiger charge is -2.15. The molecule has 0 unspecified atom stereocenters. The fourth-order valence-corrected chi connectivity index (χ4v) is 1.97. The first-order valence-electron chi connectivity index (χ1n) is 4.73. The van der Waals surface area contributed by atoms with Gasteiger partial charge < -0.3 is 4.74 Å². The molecule has 0 aliphatic rings. The van der Waals surface area contributed by atoms with Gasteiger partial charge in [0.05, 0.1) is 6.61 Å². The summed E-state index contributed by atoms with van der Waals surface area (Å²) < 4.78 is 6.38. The van der Waals surface area contributed by atoms with Crippen molar-refractivity contribution in [2.24, 2.45) is 0 Å². The van der Waals surface area contributed by atoms with Crippen LogP contribution in [0, 0.1) is 0 Å². The first-order valence-corrected chi connectivity index (χ1v) is 9.23. The number of aromatic nitrogens is 1. The lowest BCUT2D eigenvalue weighted by atomic mass is 10.5. The number of ether oxygens (including phenoxy) is 1. The monoisotopic (exact) mass is 273 g/mol. The predicted octanol–water partition coefficient (Wildman–Crippen LogP) is 3.56. The fraction of sp³-hybridized carbons (Fsp3) is 0.500. The molecule has 2 nitrogen and oxygen atoms in total. The molecule has 0 bridgehead atoms. The zero-order chi connectivity index (χ0) is 10.6. The number of hydrogen-bond donors (Lipinski definition) is 0. The van der Waals surface area contributed by atoms with Gasteiger partial charge in [-0.1, -0.05) is 25.7 Å². The summed E-state index contributed by atoms with van der Waals surface area (Å²) in [7, 11) is -0.989. The smallest absolute Gasteiger partial charge is 0.214 e. The highest BCUT2D eigenvalue weighted by Gasteiger charge is 2.12. The summed E-state index contributed by atoms with van der Waals surface area (Å²) in [5.74, 6) is 0.706. The fourth-order valence-electron chi connectivity index (χ4n) is 0.932. The minimum Gasteiger partial charge on any atom is -0.478 e. The molecule has 0 saturated carbocycles. The lowest BCUT2D eigenvalue weighted by Crippen LogP contribution is -2.22. The van der Waals surface area contributed by atoms with Gasteiger partial charge in [0.15, 0.2) is 0 Å². The van der Waals surface area contributed by atoms with Crippen molar-refractivity contribution in [1.29, 1.82) is 0 Å². The molecule has 0 fully saturated rings. The van der Waals surface area contributed by atoms with E-state index < -0.39 is 8.07 Å². The van der Waals surface area contributed by atoms with Crippen LogP contribution < -0.4 is 4.74 Å². The molecule has 78 valence electrons. The summed E-state index contributed by atoms with van der Waals surface area (Å²) in [6.07, 6.45) is 0. The Kier molecular flexibility index (Phi) is 4.13. The van der Waals surface area contributed by atoms with Crippen LogP contribution in [-0.4, -0.2) is 19.7 Å². The van der Waals surface area contributed by atoms with Crippen LogP contribution in [0.5, 0.6) is 5.88 Å². The molecule has 0 amide bonds. The molecule has 0 N–H and O–H groups in total. The minimum absolute atomic E-state index is 0.706. The van der Waals surface area contributed by atoms with Crippen LogP contribution in [0.15, 0.2) is 22.8 Å². The topological polar surface area (TPSA) is 22.1 Å². The predicted molar refractivity (Wildman–Crippen MR) is 65.6 cm³/mol. The van der Waals surface area contributed by atoms with Gasteiger partial charge in [-0.3, -0.25) is 0 Å². The molecule has 14 heavy (non-hydrogen) atoms. The molecule has 0 aliphatic carbocycles. The molecule has 0 radical (unpaired) electrons. The van der Waals surface area contributed by atoms with Gasteiger partial charge in [0.1, 0.15) is 4.60 Å². The maximum absolute atomic E-state index is 5.56. The quantitative estimate of drug-likeness (QED) is 0.618. The zero-order valence-corrected chi connectivity index (χ0v) is 11.5. The molecule has 1 aromatic rings. The van der Waals surface area contributed by atoms with Crippen LogP contribution in [0.3, 0.4) is 0 Å². The second-order valence-electron chi connectivity index (χ2n) is 4.46. The van der Waals surface area contributed by atoms with E-state index >= 15 is 0 Å². The van der Waals surface area contributed by atoms with Crippen molar-refractivity contribution in [3.05, 3.63) is 22.8 Å². The third-order valence-electron chi connectivity index (χ3n) is 1.79. The first kappa shape index (κ1) is 11.7. The maximum Gasteiger partial charge on any atom is 0.214 e. The Morgan fingerprint density at radius 3 is 2.64 bits per heavy atom. The Hall–Kier alpha value is -0.353. The standard InChI is InChI=1S/C10H16BrNOSi/c1-14(2,3)8-7-13-10-6-4-5-9(11)12-10/h4-6H,7-8H2,1-3H3. The largest absolute Gasteiger partial charge is 0.478 e. The van der Waals surface area contributed by atoms with Crippen LogP contribution in [0.4, 0.5) is 0 Å². The molecule has 0 aliphatic heterocycles. The van der Waals surface area contributed by atoms with Crippen molar-refractivity contribution in [3.8, 4) is 5.88 Å². The highest BCUT2D eigenvalue weighted by molar-refractivity contribution is 9.10. The third kappa shape index (κ3) is 4.76. The Balaban J connectivity index is 2.39. The number of hydrogen-bond acceptors (Lipinski definition) is 2. The van der Waals surface area contributed by atoms with Crippen LogP contribution in [-0.2, 0) is 0 Å². The molecule has 0 saturated heterocycles. The van der Waals surface area contributed by atoms with Crippen molar-refractivity contribution in [1.82, 2.24) is 4.98 Å². The molecule has 0 atom stereocenters. The molecule has 4 heteroatoms. The molecule has 1 heterocycles. The normalized spacial score (nSPS) is 11.4. The second kappa shape index (κ2) is 4.93. The third-order valence-corrected chi connectivity index (χ3v) is 3.94. The molecular formula is C10H16BrNOSi. The number of nitrogens with zero attached hydrogens (tertiary/aromatic N) is 1. The number of halogens is 1. The van der Waals surface area contributed by atoms with E-state index in [1.165, 1.54) is 6.04 Å². The summed E-state index contributed by atoms with van der Waals surface area (Å²) in [6.45, 7) is 7.79. The van der Waals surface area contributed by atoms with E-state index in [4.69, 9.17) is 4.74 Å². The maximum atomic E-state index is 5.56. The second-order valence-corrected chi connectivity index (χ2v) is 10.9. The van der Waals surface area contributed by atoms with Gasteiger partial charge in [0.25, 0.3) is 0 Å². The van der Waals surface area contributed by atoms with E-state index in [2.05, 4.69) is 40.6 Å². The van der Waals surface area contributed by atoms with Gasteiger partial charge in [-0.05, 0) is 28.0 Å². The summed E-state index contributed by atoms with van der Waals surface area (Å²) in [5, 5.41) is 0. The van der Waals surface area contributed by atoms with E-state index in [-0.39, 0.29) is 0 Å². The van der Waals surface area contributed by atoms with Crippen molar-refractivity contribution < 1.29 is 4.74 Å². The van der Waals surface area contributed by atoms with E-state index in [1.807, 2.05) is 18.2 Å². The van der Waals surface area contributed by atoms with Gasteiger partial charge in [-0.2, -0.15) is 0 Å². The SMILES string of the molecule is C[Si](C)(C)CCOc1cccc(Br)n1. The van der Waals surface area contributed by atoms with Crippen molar-refractivity contribution >= 4 is 24.0 Å². The average molecular weight is 274 g/mol. The molecule has 0 aromatic carbocycles. The lowest BCUT2D eigenvalue weighted by molar-refractivity contribution is 0.324. The summed E-state index contributed by atoms with van der Waals surface area (Å²) in [6, 6.07) is 6.88. The zero-order valence-electron chi connectivity index (χ0n) is 8.88. The molecule has 1 rings (SSSR count). The van der Waals surface area contributed by atoms with Crippen LogP contribution in [0.1, 0.15) is 0 Å². The van der Waals surface area contributed by atoms with Crippen LogP contribution >= 0.6 is 15.9 Å². The van der Waals surface area contributed by atoms with Crippen LogP contribution in [0.25, 0.3) is 0 Å². The van der Waals surface area contributed by atoms with Gasteiger partial charge in [0.2, 0.25) is 5.88 Å². The Bertz CT molecular complexity index is 298. The number of rotatable bonds is 4. The van der Waals surface area contributed by atoms with Gasteiger partial charge in [-0.25, -0.2) is 4.98 Å². The molecular weight excluding hydrogens is 258 g/mol. The Morgan fingerprint density at radius 2 is 2.07 bits per heavy atom. The van der Waals surface area contributed by atoms with Gasteiger partial charge >= 0.3 is 0 Å². The average Bonchev–Trinajstić information content (AvgIpc) is 2.01.